The molecule has 1 atom stereocenters. The third-order valence-corrected chi connectivity index (χ3v) is 3.38. The van der Waals surface area contributed by atoms with Crippen LogP contribution in [-0.4, -0.2) is 10.9 Å². The summed E-state index contributed by atoms with van der Waals surface area (Å²) in [5.41, 5.74) is 8.32. The molecule has 1 unspecified atom stereocenters. The summed E-state index contributed by atoms with van der Waals surface area (Å²) >= 11 is 0. The van der Waals surface area contributed by atoms with Crippen LogP contribution in [0.1, 0.15) is 36.7 Å². The number of primary amides is 1. The molecule has 0 spiro atoms. The van der Waals surface area contributed by atoms with Crippen molar-refractivity contribution < 1.29 is 4.79 Å². The fraction of sp³-hybridized carbons (Fsp3) is 0.333. The van der Waals surface area contributed by atoms with Gasteiger partial charge in [0, 0.05) is 11.1 Å². The lowest BCUT2D eigenvalue weighted by Gasteiger charge is -2.11. The molecule has 0 fully saturated rings. The smallest absolute Gasteiger partial charge is 0.226 e. The van der Waals surface area contributed by atoms with E-state index in [2.05, 4.69) is 30.1 Å². The molecule has 0 saturated carbocycles. The largest absolute Gasteiger partial charge is 0.369 e. The van der Waals surface area contributed by atoms with E-state index < -0.39 is 0 Å². The van der Waals surface area contributed by atoms with Crippen LogP contribution in [0.15, 0.2) is 24.3 Å². The summed E-state index contributed by atoms with van der Waals surface area (Å²) in [5.74, 6) is -0.689. The fourth-order valence-electron chi connectivity index (χ4n) is 2.09. The van der Waals surface area contributed by atoms with Gasteiger partial charge in [0.05, 0.1) is 11.6 Å². The second-order valence-electron chi connectivity index (χ2n) is 4.67. The van der Waals surface area contributed by atoms with Gasteiger partial charge in [-0.3, -0.25) is 9.78 Å². The first kappa shape index (κ1) is 12.6. The van der Waals surface area contributed by atoms with Crippen molar-refractivity contribution >= 4 is 16.7 Å². The van der Waals surface area contributed by atoms with Crippen molar-refractivity contribution in [3.05, 3.63) is 41.2 Å². The monoisotopic (exact) mass is 242 g/mol. The molecule has 1 amide bonds. The van der Waals surface area contributed by atoms with Crippen molar-refractivity contribution in [3.63, 3.8) is 0 Å². The predicted molar refractivity (Wildman–Crippen MR) is 73.5 cm³/mol. The molecule has 0 radical (unpaired) electrons. The summed E-state index contributed by atoms with van der Waals surface area (Å²) in [6, 6.07) is 8.33. The van der Waals surface area contributed by atoms with Crippen LogP contribution in [0.3, 0.4) is 0 Å². The molecule has 2 aromatic rings. The number of fused-ring (bicyclic) bond motifs is 1. The van der Waals surface area contributed by atoms with Crippen LogP contribution in [0.25, 0.3) is 10.8 Å². The Kier molecular flexibility index (Phi) is 3.32. The molecule has 0 saturated heterocycles. The third kappa shape index (κ3) is 2.21. The van der Waals surface area contributed by atoms with Crippen LogP contribution in [0.2, 0.25) is 0 Å². The molecular weight excluding hydrogens is 224 g/mol. The number of benzene rings is 1. The van der Waals surface area contributed by atoms with Gasteiger partial charge in [0.25, 0.3) is 0 Å². The third-order valence-electron chi connectivity index (χ3n) is 3.38. The number of pyridine rings is 1. The van der Waals surface area contributed by atoms with Gasteiger partial charge in [-0.1, -0.05) is 25.1 Å². The standard InChI is InChI=1S/C15H18N2O/c1-4-11-5-6-13-10(3)17-14(8-12(13)7-11)9(2)15(16)18/h5-9H,4H2,1-3H3,(H2,16,18). The second kappa shape index (κ2) is 4.77. The summed E-state index contributed by atoms with van der Waals surface area (Å²) < 4.78 is 0. The van der Waals surface area contributed by atoms with Crippen molar-refractivity contribution in [3.8, 4) is 0 Å². The Bertz CT molecular complexity index is 605. The minimum absolute atomic E-state index is 0.340. The van der Waals surface area contributed by atoms with E-state index in [0.29, 0.717) is 0 Å². The van der Waals surface area contributed by atoms with Crippen molar-refractivity contribution in [2.75, 3.05) is 0 Å². The van der Waals surface area contributed by atoms with E-state index in [9.17, 15) is 4.79 Å². The van der Waals surface area contributed by atoms with Crippen LogP contribution >= 0.6 is 0 Å². The molecule has 0 bridgehead atoms. The van der Waals surface area contributed by atoms with Crippen molar-refractivity contribution in [2.45, 2.75) is 33.1 Å². The number of rotatable bonds is 3. The lowest BCUT2D eigenvalue weighted by atomic mass is 10.00. The lowest BCUT2D eigenvalue weighted by Crippen LogP contribution is -2.19. The number of aryl methyl sites for hydroxylation is 2. The zero-order valence-corrected chi connectivity index (χ0v) is 11.0. The molecule has 2 N–H and O–H groups in total. The maximum Gasteiger partial charge on any atom is 0.226 e. The van der Waals surface area contributed by atoms with Crippen molar-refractivity contribution in [1.29, 1.82) is 0 Å². The van der Waals surface area contributed by atoms with Crippen LogP contribution in [-0.2, 0) is 11.2 Å². The molecule has 0 aliphatic rings. The highest BCUT2D eigenvalue weighted by atomic mass is 16.1. The van der Waals surface area contributed by atoms with E-state index >= 15 is 0 Å². The normalized spacial score (nSPS) is 12.6. The van der Waals surface area contributed by atoms with Crippen LogP contribution in [0.4, 0.5) is 0 Å². The first-order valence-electron chi connectivity index (χ1n) is 6.22. The van der Waals surface area contributed by atoms with E-state index in [4.69, 9.17) is 5.73 Å². The van der Waals surface area contributed by atoms with Gasteiger partial charge in [-0.05, 0) is 37.3 Å². The number of carbonyl (C=O) groups excluding carboxylic acids is 1. The van der Waals surface area contributed by atoms with Gasteiger partial charge in [0.1, 0.15) is 0 Å². The number of nitrogens with zero attached hydrogens (tertiary/aromatic N) is 1. The zero-order valence-electron chi connectivity index (χ0n) is 11.0. The topological polar surface area (TPSA) is 56.0 Å². The minimum atomic E-state index is -0.349. The molecular formula is C15H18N2O. The van der Waals surface area contributed by atoms with E-state index in [1.807, 2.05) is 13.0 Å². The van der Waals surface area contributed by atoms with Crippen LogP contribution in [0.5, 0.6) is 0 Å². The maximum absolute atomic E-state index is 11.3. The molecule has 0 aliphatic heterocycles. The van der Waals surface area contributed by atoms with E-state index in [1.165, 1.54) is 5.56 Å². The molecule has 0 aliphatic carbocycles. The highest BCUT2D eigenvalue weighted by Gasteiger charge is 2.14. The lowest BCUT2D eigenvalue weighted by molar-refractivity contribution is -0.119. The number of amides is 1. The Morgan fingerprint density at radius 2 is 2.11 bits per heavy atom. The second-order valence-corrected chi connectivity index (χ2v) is 4.67. The first-order chi connectivity index (χ1) is 8.52. The number of aromatic nitrogens is 1. The number of nitrogens with two attached hydrogens (primary N) is 1. The van der Waals surface area contributed by atoms with Crippen LogP contribution < -0.4 is 5.73 Å². The van der Waals surface area contributed by atoms with Crippen molar-refractivity contribution in [1.82, 2.24) is 4.98 Å². The Balaban J connectivity index is 2.62. The minimum Gasteiger partial charge on any atom is -0.369 e. The highest BCUT2D eigenvalue weighted by Crippen LogP contribution is 2.23. The Morgan fingerprint density at radius 1 is 1.39 bits per heavy atom. The molecule has 3 nitrogen and oxygen atoms in total. The van der Waals surface area contributed by atoms with Gasteiger partial charge in [0.15, 0.2) is 0 Å². The fourth-order valence-corrected chi connectivity index (χ4v) is 2.09. The Morgan fingerprint density at radius 3 is 2.72 bits per heavy atom. The van der Waals surface area contributed by atoms with E-state index in [1.54, 1.807) is 6.92 Å². The summed E-state index contributed by atoms with van der Waals surface area (Å²) in [4.78, 5) is 15.7. The summed E-state index contributed by atoms with van der Waals surface area (Å²) in [6.45, 7) is 5.88. The number of carbonyl (C=O) groups is 1. The number of hydrogen-bond acceptors (Lipinski definition) is 2. The molecule has 94 valence electrons. The summed E-state index contributed by atoms with van der Waals surface area (Å²) in [6.07, 6.45) is 0.998. The maximum atomic E-state index is 11.3. The summed E-state index contributed by atoms with van der Waals surface area (Å²) in [7, 11) is 0. The van der Waals surface area contributed by atoms with Gasteiger partial charge in [-0.15, -0.1) is 0 Å². The Hall–Kier alpha value is -1.90. The highest BCUT2D eigenvalue weighted by molar-refractivity contribution is 5.87. The quantitative estimate of drug-likeness (QED) is 0.899. The summed E-state index contributed by atoms with van der Waals surface area (Å²) in [5, 5.41) is 2.26. The average Bonchev–Trinajstić information content (AvgIpc) is 2.36. The van der Waals surface area contributed by atoms with Gasteiger partial charge in [0.2, 0.25) is 5.91 Å². The van der Waals surface area contributed by atoms with Gasteiger partial charge >= 0.3 is 0 Å². The van der Waals surface area contributed by atoms with E-state index in [0.717, 1.165) is 28.6 Å². The molecule has 18 heavy (non-hydrogen) atoms. The molecule has 3 heteroatoms. The number of hydrogen-bond donors (Lipinski definition) is 1. The molecule has 1 heterocycles. The zero-order chi connectivity index (χ0) is 13.3. The van der Waals surface area contributed by atoms with Crippen LogP contribution in [0, 0.1) is 6.92 Å². The molecule has 1 aromatic heterocycles. The first-order valence-corrected chi connectivity index (χ1v) is 6.22. The van der Waals surface area contributed by atoms with Crippen molar-refractivity contribution in [2.24, 2.45) is 5.73 Å². The Labute approximate surface area is 107 Å². The van der Waals surface area contributed by atoms with Gasteiger partial charge in [-0.25, -0.2) is 0 Å². The SMILES string of the molecule is CCc1ccc2c(C)nc(C(C)C(N)=O)cc2c1. The van der Waals surface area contributed by atoms with E-state index in [-0.39, 0.29) is 11.8 Å². The predicted octanol–water partition coefficient (Wildman–Crippen LogP) is 2.69. The van der Waals surface area contributed by atoms with Gasteiger partial charge in [-0.2, -0.15) is 0 Å². The average molecular weight is 242 g/mol. The molecule has 2 rings (SSSR count). The van der Waals surface area contributed by atoms with Gasteiger partial charge < -0.3 is 5.73 Å². The molecule has 1 aromatic carbocycles.